The number of alkyl halides is 2. The van der Waals surface area contributed by atoms with E-state index < -0.39 is 16.2 Å². The summed E-state index contributed by atoms with van der Waals surface area (Å²) in [4.78, 5) is 13.6. The van der Waals surface area contributed by atoms with Gasteiger partial charge < -0.3 is 14.4 Å². The van der Waals surface area contributed by atoms with Gasteiger partial charge in [0.25, 0.3) is 5.91 Å². The number of hydrogen-bond donors (Lipinski definition) is 0. The van der Waals surface area contributed by atoms with Gasteiger partial charge in [-0.2, -0.15) is 8.78 Å². The number of methoxy groups -OCH3 is 1. The highest BCUT2D eigenvalue weighted by Crippen LogP contribution is 2.48. The first-order valence-corrected chi connectivity index (χ1v) is 8.12. The predicted molar refractivity (Wildman–Crippen MR) is 77.1 cm³/mol. The predicted octanol–water partition coefficient (Wildman–Crippen LogP) is 2.92. The molecule has 1 aromatic rings. The van der Waals surface area contributed by atoms with Crippen LogP contribution in [0.15, 0.2) is 11.8 Å². The summed E-state index contributed by atoms with van der Waals surface area (Å²) in [6, 6.07) is 0. The van der Waals surface area contributed by atoms with Crippen molar-refractivity contribution < 1.29 is 23.0 Å². The summed E-state index contributed by atoms with van der Waals surface area (Å²) in [5, 5.41) is 6.61. The van der Waals surface area contributed by atoms with Crippen molar-refractivity contribution in [3.8, 4) is 10.4 Å². The third-order valence-electron chi connectivity index (χ3n) is 3.33. The standard InChI is InChI=1S/C13H18F2N3O3S/c1-18(9-6-4-3-5-7-9)10(19)8-21-13-17-16-12(20-2)22(13)11(14)15/h6,11H,3-5,7-8H2,1-2H3/q+1. The van der Waals surface area contributed by atoms with E-state index in [0.29, 0.717) is 0 Å². The number of ether oxygens (including phenoxy) is 2. The van der Waals surface area contributed by atoms with Crippen LogP contribution in [0.25, 0.3) is 0 Å². The Balaban J connectivity index is 1.99. The van der Waals surface area contributed by atoms with Gasteiger partial charge in [-0.25, -0.2) is 0 Å². The first-order chi connectivity index (χ1) is 10.5. The summed E-state index contributed by atoms with van der Waals surface area (Å²) in [7, 11) is 1.15. The number of carbonyl (C=O) groups is 1. The van der Waals surface area contributed by atoms with Crippen LogP contribution in [0.2, 0.25) is 0 Å². The average molecular weight is 334 g/mol. The Labute approximate surface area is 129 Å². The number of likely N-dealkylation sites (N-methyl/N-ethyl adjacent to an activating group) is 1. The molecule has 0 N–H and O–H groups in total. The molecule has 0 saturated carbocycles. The Kier molecular flexibility index (Phi) is 5.64. The number of nitrogens with zero attached hydrogens (tertiary/aromatic N) is 3. The van der Waals surface area contributed by atoms with Crippen molar-refractivity contribution in [2.45, 2.75) is 31.4 Å². The SMILES string of the molecule is COc1nnc(OCC(=O)N(C)C2=CCCCC2)[s+]1C(F)F. The molecular weight excluding hydrogens is 316 g/mol. The zero-order valence-corrected chi connectivity index (χ0v) is 13.2. The quantitative estimate of drug-likeness (QED) is 0.749. The van der Waals surface area contributed by atoms with E-state index in [9.17, 15) is 13.6 Å². The molecule has 22 heavy (non-hydrogen) atoms. The van der Waals surface area contributed by atoms with Crippen LogP contribution in [0.4, 0.5) is 8.78 Å². The largest absolute Gasteiger partial charge is 0.464 e. The molecule has 0 saturated heterocycles. The number of halogens is 2. The minimum absolute atomic E-state index is 0.180. The van der Waals surface area contributed by atoms with Crippen molar-refractivity contribution in [2.75, 3.05) is 20.8 Å². The first kappa shape index (κ1) is 16.6. The Hall–Kier alpha value is -1.77. The maximum absolute atomic E-state index is 13.0. The van der Waals surface area contributed by atoms with Gasteiger partial charge in [0.15, 0.2) is 17.1 Å². The molecular formula is C13H18F2N3O3S+. The van der Waals surface area contributed by atoms with E-state index in [1.165, 1.54) is 12.0 Å². The van der Waals surface area contributed by atoms with Crippen LogP contribution in [0.5, 0.6) is 10.4 Å². The van der Waals surface area contributed by atoms with Crippen molar-refractivity contribution in [1.29, 1.82) is 0 Å². The molecule has 0 fully saturated rings. The van der Waals surface area contributed by atoms with Crippen LogP contribution in [0.3, 0.4) is 0 Å². The molecule has 2 rings (SSSR count). The molecule has 1 aromatic heterocycles. The van der Waals surface area contributed by atoms with Crippen molar-refractivity contribution in [2.24, 2.45) is 0 Å². The number of amides is 1. The maximum Gasteiger partial charge on any atom is 0.464 e. The molecule has 1 aliphatic rings. The van der Waals surface area contributed by atoms with E-state index in [0.717, 1.165) is 31.4 Å². The van der Waals surface area contributed by atoms with E-state index in [1.807, 2.05) is 6.08 Å². The van der Waals surface area contributed by atoms with Crippen molar-refractivity contribution in [1.82, 2.24) is 15.1 Å². The lowest BCUT2D eigenvalue weighted by Crippen LogP contribution is -2.31. The van der Waals surface area contributed by atoms with Crippen LogP contribution >= 0.6 is 10.5 Å². The van der Waals surface area contributed by atoms with Crippen LogP contribution in [0.1, 0.15) is 31.4 Å². The second-order valence-corrected chi connectivity index (χ2v) is 6.45. The molecule has 1 heterocycles. The highest BCUT2D eigenvalue weighted by molar-refractivity contribution is 7.34. The fourth-order valence-corrected chi connectivity index (χ4v) is 3.20. The zero-order valence-electron chi connectivity index (χ0n) is 12.4. The molecule has 1 unspecified atom stereocenters. The number of rotatable bonds is 6. The highest BCUT2D eigenvalue weighted by Gasteiger charge is 2.37. The van der Waals surface area contributed by atoms with Gasteiger partial charge in [-0.05, 0) is 25.7 Å². The summed E-state index contributed by atoms with van der Waals surface area (Å²) in [6.45, 7) is -0.352. The van der Waals surface area contributed by atoms with Crippen molar-refractivity contribution >= 4 is 16.4 Å². The lowest BCUT2D eigenvalue weighted by Gasteiger charge is -2.23. The van der Waals surface area contributed by atoms with E-state index >= 15 is 0 Å². The molecule has 0 spiro atoms. The smallest absolute Gasteiger partial charge is 0.440 e. The average Bonchev–Trinajstić information content (AvgIpc) is 2.96. The zero-order chi connectivity index (χ0) is 16.1. The Morgan fingerprint density at radius 2 is 2.14 bits per heavy atom. The third kappa shape index (κ3) is 3.70. The molecule has 1 amide bonds. The van der Waals surface area contributed by atoms with E-state index in [4.69, 9.17) is 9.47 Å². The molecule has 6 nitrogen and oxygen atoms in total. The van der Waals surface area contributed by atoms with Gasteiger partial charge in [-0.15, -0.1) is 0 Å². The van der Waals surface area contributed by atoms with Gasteiger partial charge in [-0.1, -0.05) is 16.3 Å². The summed E-state index contributed by atoms with van der Waals surface area (Å²) in [6.07, 6.45) is 5.95. The maximum atomic E-state index is 13.0. The Morgan fingerprint density at radius 3 is 2.73 bits per heavy atom. The van der Waals surface area contributed by atoms with E-state index in [-0.39, 0.29) is 22.9 Å². The molecule has 9 heteroatoms. The molecule has 0 aromatic carbocycles. The lowest BCUT2D eigenvalue weighted by atomic mass is 10.0. The molecule has 0 radical (unpaired) electrons. The second-order valence-electron chi connectivity index (χ2n) is 4.72. The summed E-state index contributed by atoms with van der Waals surface area (Å²) >= 11 is 0. The van der Waals surface area contributed by atoms with Gasteiger partial charge in [0, 0.05) is 12.7 Å². The van der Waals surface area contributed by atoms with Crippen molar-refractivity contribution in [3.05, 3.63) is 11.8 Å². The second kappa shape index (κ2) is 7.48. The number of carbonyl (C=O) groups excluding carboxylic acids is 1. The molecule has 0 aliphatic heterocycles. The fourth-order valence-electron chi connectivity index (χ4n) is 2.13. The topological polar surface area (TPSA) is 64.6 Å². The molecule has 1 atom stereocenters. The van der Waals surface area contributed by atoms with Crippen LogP contribution in [-0.2, 0) is 4.79 Å². The molecule has 122 valence electrons. The summed E-state index contributed by atoms with van der Waals surface area (Å²) < 4.78 is 35.9. The van der Waals surface area contributed by atoms with Gasteiger partial charge in [0.05, 0.1) is 7.11 Å². The Morgan fingerprint density at radius 1 is 1.41 bits per heavy atom. The monoisotopic (exact) mass is 334 g/mol. The highest BCUT2D eigenvalue weighted by atomic mass is 32.2. The lowest BCUT2D eigenvalue weighted by molar-refractivity contribution is -0.130. The molecule has 0 bridgehead atoms. The normalized spacial score (nSPS) is 15.5. The molecule has 1 aliphatic carbocycles. The third-order valence-corrected chi connectivity index (χ3v) is 4.89. The van der Waals surface area contributed by atoms with Crippen LogP contribution in [0, 0.1) is 0 Å². The van der Waals surface area contributed by atoms with Gasteiger partial charge in [0.1, 0.15) is 0 Å². The van der Waals surface area contributed by atoms with Gasteiger partial charge in [0.2, 0.25) is 0 Å². The van der Waals surface area contributed by atoms with Crippen LogP contribution in [-0.4, -0.2) is 41.8 Å². The number of allylic oxidation sites excluding steroid dienone is 2. The summed E-state index contributed by atoms with van der Waals surface area (Å²) in [5.74, 6) is -3.03. The minimum Gasteiger partial charge on any atom is -0.440 e. The number of hydrogen-bond acceptors (Lipinski definition) is 5. The van der Waals surface area contributed by atoms with Crippen LogP contribution < -0.4 is 9.47 Å². The first-order valence-electron chi connectivity index (χ1n) is 6.84. The van der Waals surface area contributed by atoms with E-state index in [1.54, 1.807) is 7.05 Å². The fraction of sp³-hybridized carbons (Fsp3) is 0.615. The van der Waals surface area contributed by atoms with Gasteiger partial charge >= 0.3 is 16.1 Å². The van der Waals surface area contributed by atoms with Gasteiger partial charge in [-0.3, -0.25) is 4.79 Å². The Bertz CT molecular complexity index is 563. The number of aromatic nitrogens is 2. The van der Waals surface area contributed by atoms with E-state index in [2.05, 4.69) is 10.2 Å². The minimum atomic E-state index is -2.73. The van der Waals surface area contributed by atoms with Crippen molar-refractivity contribution in [3.63, 3.8) is 0 Å². The summed E-state index contributed by atoms with van der Waals surface area (Å²) in [5.41, 5.74) is 0.940.